The standard InChI is InChI=1S/C18H27FN2O2/c1-2-3-4-5-6-7-8-16(18(20)23)21-17(22)13-14-9-11-15(19)12-10-14/h9-12,16H,2-8,13H2,1H3,(H2,20,23)(H,21,22)/t16-/m1/s1. The van der Waals surface area contributed by atoms with Gasteiger partial charge in [0.05, 0.1) is 6.42 Å². The third-order valence-corrected chi connectivity index (χ3v) is 3.80. The number of benzene rings is 1. The molecule has 128 valence electrons. The van der Waals surface area contributed by atoms with Gasteiger partial charge in [0, 0.05) is 0 Å². The number of primary amides is 1. The zero-order valence-corrected chi connectivity index (χ0v) is 13.8. The number of carbonyl (C=O) groups excluding carboxylic acids is 2. The van der Waals surface area contributed by atoms with Crippen LogP contribution < -0.4 is 11.1 Å². The Hall–Kier alpha value is -1.91. The van der Waals surface area contributed by atoms with Crippen molar-refractivity contribution in [1.29, 1.82) is 0 Å². The van der Waals surface area contributed by atoms with Crippen LogP contribution in [0.15, 0.2) is 24.3 Å². The highest BCUT2D eigenvalue weighted by Crippen LogP contribution is 2.09. The van der Waals surface area contributed by atoms with Crippen LogP contribution in [0.4, 0.5) is 4.39 Å². The summed E-state index contributed by atoms with van der Waals surface area (Å²) in [6.45, 7) is 2.17. The molecule has 0 radical (unpaired) electrons. The van der Waals surface area contributed by atoms with Crippen molar-refractivity contribution in [2.24, 2.45) is 5.73 Å². The minimum Gasteiger partial charge on any atom is -0.368 e. The Balaban J connectivity index is 2.35. The maximum absolute atomic E-state index is 12.8. The van der Waals surface area contributed by atoms with Crippen molar-refractivity contribution in [2.45, 2.75) is 64.3 Å². The van der Waals surface area contributed by atoms with Gasteiger partial charge in [0.1, 0.15) is 11.9 Å². The summed E-state index contributed by atoms with van der Waals surface area (Å²) in [5.74, 6) is -1.12. The number of rotatable bonds is 11. The zero-order valence-electron chi connectivity index (χ0n) is 13.8. The molecule has 2 amide bonds. The van der Waals surface area contributed by atoms with Gasteiger partial charge in [-0.3, -0.25) is 9.59 Å². The Labute approximate surface area is 137 Å². The van der Waals surface area contributed by atoms with Gasteiger partial charge in [-0.2, -0.15) is 0 Å². The lowest BCUT2D eigenvalue weighted by Crippen LogP contribution is -2.44. The van der Waals surface area contributed by atoms with E-state index < -0.39 is 11.9 Å². The molecular formula is C18H27FN2O2. The molecular weight excluding hydrogens is 295 g/mol. The van der Waals surface area contributed by atoms with E-state index in [4.69, 9.17) is 5.73 Å². The molecule has 1 aromatic carbocycles. The molecule has 0 aliphatic heterocycles. The van der Waals surface area contributed by atoms with E-state index in [1.54, 1.807) is 12.1 Å². The molecule has 1 rings (SSSR count). The number of hydrogen-bond donors (Lipinski definition) is 2. The Bertz CT molecular complexity index is 488. The minimum absolute atomic E-state index is 0.112. The van der Waals surface area contributed by atoms with Gasteiger partial charge in [-0.05, 0) is 24.1 Å². The molecule has 0 saturated heterocycles. The quantitative estimate of drug-likeness (QED) is 0.615. The summed E-state index contributed by atoms with van der Waals surface area (Å²) in [6, 6.07) is 5.10. The van der Waals surface area contributed by atoms with Crippen molar-refractivity contribution in [1.82, 2.24) is 5.32 Å². The van der Waals surface area contributed by atoms with E-state index in [9.17, 15) is 14.0 Å². The van der Waals surface area contributed by atoms with Gasteiger partial charge in [0.25, 0.3) is 0 Å². The fourth-order valence-corrected chi connectivity index (χ4v) is 2.45. The number of carbonyl (C=O) groups is 2. The van der Waals surface area contributed by atoms with Crippen LogP contribution >= 0.6 is 0 Å². The summed E-state index contributed by atoms with van der Waals surface area (Å²) < 4.78 is 12.8. The van der Waals surface area contributed by atoms with Crippen LogP contribution in [0.2, 0.25) is 0 Å². The van der Waals surface area contributed by atoms with Crippen LogP contribution in [0, 0.1) is 5.82 Å². The highest BCUT2D eigenvalue weighted by atomic mass is 19.1. The van der Waals surface area contributed by atoms with Crippen molar-refractivity contribution in [2.75, 3.05) is 0 Å². The van der Waals surface area contributed by atoms with Crippen molar-refractivity contribution >= 4 is 11.8 Å². The Morgan fingerprint density at radius 2 is 1.70 bits per heavy atom. The topological polar surface area (TPSA) is 72.2 Å². The van der Waals surface area contributed by atoms with E-state index in [1.165, 1.54) is 31.4 Å². The van der Waals surface area contributed by atoms with Gasteiger partial charge in [-0.15, -0.1) is 0 Å². The number of hydrogen-bond acceptors (Lipinski definition) is 2. The fraction of sp³-hybridized carbons (Fsp3) is 0.556. The van der Waals surface area contributed by atoms with E-state index >= 15 is 0 Å². The summed E-state index contributed by atoms with van der Waals surface area (Å²) >= 11 is 0. The highest BCUT2D eigenvalue weighted by Gasteiger charge is 2.17. The normalized spacial score (nSPS) is 11.9. The van der Waals surface area contributed by atoms with Crippen molar-refractivity contribution in [3.63, 3.8) is 0 Å². The lowest BCUT2D eigenvalue weighted by atomic mass is 10.0. The third kappa shape index (κ3) is 8.33. The van der Waals surface area contributed by atoms with Crippen LogP contribution in [0.3, 0.4) is 0 Å². The van der Waals surface area contributed by atoms with E-state index in [0.717, 1.165) is 19.3 Å². The lowest BCUT2D eigenvalue weighted by molar-refractivity contribution is -0.127. The molecule has 0 unspecified atom stereocenters. The zero-order chi connectivity index (χ0) is 17.1. The van der Waals surface area contributed by atoms with Crippen molar-refractivity contribution < 1.29 is 14.0 Å². The summed E-state index contributed by atoms with van der Waals surface area (Å²) in [6.07, 6.45) is 7.36. The highest BCUT2D eigenvalue weighted by molar-refractivity contribution is 5.87. The Morgan fingerprint density at radius 3 is 2.30 bits per heavy atom. The van der Waals surface area contributed by atoms with E-state index in [0.29, 0.717) is 12.0 Å². The van der Waals surface area contributed by atoms with Crippen LogP contribution in [0.25, 0.3) is 0 Å². The summed E-state index contributed by atoms with van der Waals surface area (Å²) in [5, 5.41) is 2.67. The molecule has 0 bridgehead atoms. The number of halogens is 1. The van der Waals surface area contributed by atoms with Crippen molar-refractivity contribution in [3.8, 4) is 0 Å². The predicted octanol–water partition coefficient (Wildman–Crippen LogP) is 3.09. The van der Waals surface area contributed by atoms with Crippen LogP contribution in [0.1, 0.15) is 57.4 Å². The molecule has 0 fully saturated rings. The molecule has 23 heavy (non-hydrogen) atoms. The largest absolute Gasteiger partial charge is 0.368 e. The van der Waals surface area contributed by atoms with E-state index in [-0.39, 0.29) is 18.1 Å². The molecule has 0 saturated carbocycles. The third-order valence-electron chi connectivity index (χ3n) is 3.80. The maximum atomic E-state index is 12.8. The molecule has 4 nitrogen and oxygen atoms in total. The maximum Gasteiger partial charge on any atom is 0.239 e. The molecule has 0 heterocycles. The Morgan fingerprint density at radius 1 is 1.09 bits per heavy atom. The van der Waals surface area contributed by atoms with Gasteiger partial charge in [0.2, 0.25) is 11.8 Å². The monoisotopic (exact) mass is 322 g/mol. The second-order valence-corrected chi connectivity index (χ2v) is 5.88. The number of nitrogens with one attached hydrogen (secondary N) is 1. The first-order valence-corrected chi connectivity index (χ1v) is 8.36. The van der Waals surface area contributed by atoms with E-state index in [1.807, 2.05) is 0 Å². The first-order valence-electron chi connectivity index (χ1n) is 8.36. The average molecular weight is 322 g/mol. The van der Waals surface area contributed by atoms with Crippen molar-refractivity contribution in [3.05, 3.63) is 35.6 Å². The molecule has 1 atom stereocenters. The first-order chi connectivity index (χ1) is 11.0. The number of unbranched alkanes of at least 4 members (excludes halogenated alkanes) is 5. The van der Waals surface area contributed by atoms with E-state index in [2.05, 4.69) is 12.2 Å². The summed E-state index contributed by atoms with van der Waals surface area (Å²) in [5.41, 5.74) is 6.06. The Kier molecular flexibility index (Phi) is 8.95. The average Bonchev–Trinajstić information content (AvgIpc) is 2.51. The summed E-state index contributed by atoms with van der Waals surface area (Å²) in [7, 11) is 0. The molecule has 0 spiro atoms. The SMILES string of the molecule is CCCCCCCC[C@@H](NC(=O)Cc1ccc(F)cc1)C(N)=O. The minimum atomic E-state index is -0.630. The fourth-order valence-electron chi connectivity index (χ4n) is 2.45. The van der Waals surface area contributed by atoms with Gasteiger partial charge in [0.15, 0.2) is 0 Å². The second-order valence-electron chi connectivity index (χ2n) is 5.88. The lowest BCUT2D eigenvalue weighted by Gasteiger charge is -2.15. The molecule has 5 heteroatoms. The summed E-state index contributed by atoms with van der Waals surface area (Å²) in [4.78, 5) is 23.4. The van der Waals surface area contributed by atoms with Crippen LogP contribution in [-0.2, 0) is 16.0 Å². The molecule has 3 N–H and O–H groups in total. The number of nitrogens with two attached hydrogens (primary N) is 1. The predicted molar refractivity (Wildman–Crippen MR) is 89.2 cm³/mol. The molecule has 0 aliphatic carbocycles. The van der Waals surface area contributed by atoms with Gasteiger partial charge in [-0.25, -0.2) is 4.39 Å². The first kappa shape index (κ1) is 19.1. The second kappa shape index (κ2) is 10.8. The van der Waals surface area contributed by atoms with Gasteiger partial charge in [-0.1, -0.05) is 57.6 Å². The van der Waals surface area contributed by atoms with Crippen LogP contribution in [0.5, 0.6) is 0 Å². The van der Waals surface area contributed by atoms with Crippen LogP contribution in [-0.4, -0.2) is 17.9 Å². The smallest absolute Gasteiger partial charge is 0.239 e. The van der Waals surface area contributed by atoms with Gasteiger partial charge < -0.3 is 11.1 Å². The van der Waals surface area contributed by atoms with Gasteiger partial charge >= 0.3 is 0 Å². The molecule has 0 aliphatic rings. The molecule has 0 aromatic heterocycles. The molecule has 1 aromatic rings. The number of amides is 2.